The van der Waals surface area contributed by atoms with Crippen molar-refractivity contribution < 1.29 is 5.11 Å². The standard InChI is InChI=1S/C18H18N2O2S/c21-14(12-6-2-1-3-7-12)10-20-11-19-17-16(18(20)22)13-8-4-5-9-15(13)23-17/h1-3,6-7,11,14,21H,4-5,8-10H2. The van der Waals surface area contributed by atoms with Crippen LogP contribution in [-0.4, -0.2) is 14.7 Å². The number of aliphatic hydroxyl groups is 1. The minimum atomic E-state index is -0.706. The van der Waals surface area contributed by atoms with Crippen LogP contribution in [-0.2, 0) is 19.4 Å². The fourth-order valence-corrected chi connectivity index (χ4v) is 4.50. The second-order valence-corrected chi connectivity index (χ2v) is 7.10. The van der Waals surface area contributed by atoms with Gasteiger partial charge in [-0.1, -0.05) is 30.3 Å². The number of hydrogen-bond acceptors (Lipinski definition) is 4. The van der Waals surface area contributed by atoms with Crippen LogP contribution >= 0.6 is 11.3 Å². The lowest BCUT2D eigenvalue weighted by molar-refractivity contribution is 0.155. The van der Waals surface area contributed by atoms with E-state index in [4.69, 9.17) is 0 Å². The van der Waals surface area contributed by atoms with Crippen molar-refractivity contribution in [1.29, 1.82) is 0 Å². The van der Waals surface area contributed by atoms with Gasteiger partial charge < -0.3 is 5.11 Å². The predicted octanol–water partition coefficient (Wildman–Crippen LogP) is 3.07. The molecule has 1 aliphatic rings. The fourth-order valence-electron chi connectivity index (χ4n) is 3.28. The number of aliphatic hydroxyl groups excluding tert-OH is 1. The summed E-state index contributed by atoms with van der Waals surface area (Å²) in [7, 11) is 0. The third-order valence-corrected chi connectivity index (χ3v) is 5.70. The number of hydrogen-bond donors (Lipinski definition) is 1. The molecule has 4 rings (SSSR count). The number of benzene rings is 1. The Morgan fingerprint density at radius 2 is 2.00 bits per heavy atom. The largest absolute Gasteiger partial charge is 0.387 e. The Balaban J connectivity index is 1.74. The smallest absolute Gasteiger partial charge is 0.262 e. The van der Waals surface area contributed by atoms with Crippen LogP contribution in [0, 0.1) is 0 Å². The van der Waals surface area contributed by atoms with Crippen molar-refractivity contribution in [3.63, 3.8) is 0 Å². The maximum absolute atomic E-state index is 12.8. The van der Waals surface area contributed by atoms with Gasteiger partial charge in [-0.15, -0.1) is 11.3 Å². The van der Waals surface area contributed by atoms with Gasteiger partial charge in [0.1, 0.15) is 4.83 Å². The summed E-state index contributed by atoms with van der Waals surface area (Å²) in [4.78, 5) is 19.5. The number of thiophene rings is 1. The summed E-state index contributed by atoms with van der Waals surface area (Å²) in [5, 5.41) is 11.1. The molecule has 1 N–H and O–H groups in total. The highest BCUT2D eigenvalue weighted by molar-refractivity contribution is 7.18. The first-order valence-electron chi connectivity index (χ1n) is 7.97. The number of aryl methyl sites for hydroxylation is 2. The van der Waals surface area contributed by atoms with E-state index in [1.165, 1.54) is 16.9 Å². The predicted molar refractivity (Wildman–Crippen MR) is 91.9 cm³/mol. The maximum atomic E-state index is 12.8. The van der Waals surface area contributed by atoms with Crippen molar-refractivity contribution in [1.82, 2.24) is 9.55 Å². The zero-order valence-electron chi connectivity index (χ0n) is 12.7. The van der Waals surface area contributed by atoms with Gasteiger partial charge in [-0.05, 0) is 36.8 Å². The molecule has 0 saturated carbocycles. The summed E-state index contributed by atoms with van der Waals surface area (Å²) in [5.41, 5.74) is 1.98. The Kier molecular flexibility index (Phi) is 3.75. The highest BCUT2D eigenvalue weighted by Crippen LogP contribution is 2.33. The van der Waals surface area contributed by atoms with Crippen LogP contribution in [0.25, 0.3) is 10.2 Å². The molecule has 2 heterocycles. The van der Waals surface area contributed by atoms with Crippen LogP contribution in [0.5, 0.6) is 0 Å². The molecule has 0 radical (unpaired) electrons. The molecular formula is C18H18N2O2S. The van der Waals surface area contributed by atoms with Crippen molar-refractivity contribution in [2.24, 2.45) is 0 Å². The first kappa shape index (κ1) is 14.6. The molecule has 0 fully saturated rings. The van der Waals surface area contributed by atoms with E-state index in [2.05, 4.69) is 4.98 Å². The molecule has 2 aromatic heterocycles. The lowest BCUT2D eigenvalue weighted by Crippen LogP contribution is -2.24. The number of aromatic nitrogens is 2. The van der Waals surface area contributed by atoms with Gasteiger partial charge in [0.2, 0.25) is 0 Å². The maximum Gasteiger partial charge on any atom is 0.262 e. The van der Waals surface area contributed by atoms with Gasteiger partial charge in [0.15, 0.2) is 0 Å². The summed E-state index contributed by atoms with van der Waals surface area (Å²) >= 11 is 1.65. The van der Waals surface area contributed by atoms with E-state index in [1.54, 1.807) is 22.2 Å². The van der Waals surface area contributed by atoms with Crippen molar-refractivity contribution in [3.8, 4) is 0 Å². The summed E-state index contributed by atoms with van der Waals surface area (Å²) in [6.45, 7) is 0.233. The SMILES string of the molecule is O=c1c2c3c(sc2ncn1CC(O)c1ccccc1)CCCC3. The molecule has 0 spiro atoms. The van der Waals surface area contributed by atoms with Crippen molar-refractivity contribution in [2.45, 2.75) is 38.3 Å². The van der Waals surface area contributed by atoms with Gasteiger partial charge in [-0.25, -0.2) is 4.98 Å². The van der Waals surface area contributed by atoms with E-state index >= 15 is 0 Å². The average Bonchev–Trinajstić information content (AvgIpc) is 2.97. The Morgan fingerprint density at radius 3 is 2.83 bits per heavy atom. The van der Waals surface area contributed by atoms with Crippen LogP contribution in [0.4, 0.5) is 0 Å². The van der Waals surface area contributed by atoms with E-state index in [0.717, 1.165) is 35.0 Å². The second-order valence-electron chi connectivity index (χ2n) is 6.02. The first-order chi connectivity index (χ1) is 11.2. The normalized spacial score (nSPS) is 15.5. The monoisotopic (exact) mass is 326 g/mol. The highest BCUT2D eigenvalue weighted by atomic mass is 32.1. The molecule has 1 atom stereocenters. The minimum absolute atomic E-state index is 0.0237. The Morgan fingerprint density at radius 1 is 1.22 bits per heavy atom. The van der Waals surface area contributed by atoms with E-state index < -0.39 is 6.10 Å². The third-order valence-electron chi connectivity index (χ3n) is 4.50. The molecule has 0 aliphatic heterocycles. The van der Waals surface area contributed by atoms with E-state index in [0.29, 0.717) is 0 Å². The quantitative estimate of drug-likeness (QED) is 0.805. The molecular weight excluding hydrogens is 308 g/mol. The van der Waals surface area contributed by atoms with Gasteiger partial charge in [-0.3, -0.25) is 9.36 Å². The molecule has 1 aromatic carbocycles. The van der Waals surface area contributed by atoms with E-state index in [1.807, 2.05) is 30.3 Å². The average molecular weight is 326 g/mol. The zero-order valence-corrected chi connectivity index (χ0v) is 13.6. The van der Waals surface area contributed by atoms with Gasteiger partial charge in [0.25, 0.3) is 5.56 Å². The number of nitrogens with zero attached hydrogens (tertiary/aromatic N) is 2. The molecule has 23 heavy (non-hydrogen) atoms. The molecule has 1 aliphatic carbocycles. The topological polar surface area (TPSA) is 55.1 Å². The van der Waals surface area contributed by atoms with Gasteiger partial charge in [0, 0.05) is 4.88 Å². The van der Waals surface area contributed by atoms with Crippen LogP contribution < -0.4 is 5.56 Å². The van der Waals surface area contributed by atoms with Crippen molar-refractivity contribution in [2.75, 3.05) is 0 Å². The van der Waals surface area contributed by atoms with Crippen molar-refractivity contribution in [3.05, 3.63) is 63.0 Å². The summed E-state index contributed by atoms with van der Waals surface area (Å²) in [5.74, 6) is 0. The summed E-state index contributed by atoms with van der Waals surface area (Å²) < 4.78 is 1.54. The van der Waals surface area contributed by atoms with Gasteiger partial charge in [-0.2, -0.15) is 0 Å². The molecule has 3 aromatic rings. The number of rotatable bonds is 3. The molecule has 4 nitrogen and oxygen atoms in total. The van der Waals surface area contributed by atoms with E-state index in [9.17, 15) is 9.90 Å². The Bertz CT molecular complexity index is 899. The van der Waals surface area contributed by atoms with Crippen molar-refractivity contribution >= 4 is 21.6 Å². The third kappa shape index (κ3) is 2.60. The molecule has 1 unspecified atom stereocenters. The van der Waals surface area contributed by atoms with Crippen LogP contribution in [0.2, 0.25) is 0 Å². The second kappa shape index (κ2) is 5.91. The van der Waals surface area contributed by atoms with E-state index in [-0.39, 0.29) is 12.1 Å². The first-order valence-corrected chi connectivity index (χ1v) is 8.78. The highest BCUT2D eigenvalue weighted by Gasteiger charge is 2.20. The van der Waals surface area contributed by atoms with Crippen LogP contribution in [0.15, 0.2) is 41.5 Å². The van der Waals surface area contributed by atoms with Crippen LogP contribution in [0.1, 0.15) is 34.9 Å². The zero-order chi connectivity index (χ0) is 15.8. The molecule has 0 saturated heterocycles. The number of fused-ring (bicyclic) bond motifs is 3. The molecule has 0 bridgehead atoms. The minimum Gasteiger partial charge on any atom is -0.387 e. The van der Waals surface area contributed by atoms with Gasteiger partial charge >= 0.3 is 0 Å². The molecule has 5 heteroatoms. The summed E-state index contributed by atoms with van der Waals surface area (Å²) in [6, 6.07) is 9.42. The Labute approximate surface area is 138 Å². The van der Waals surface area contributed by atoms with Gasteiger partial charge in [0.05, 0.1) is 24.4 Å². The lowest BCUT2D eigenvalue weighted by Gasteiger charge is -2.13. The lowest BCUT2D eigenvalue weighted by atomic mass is 9.97. The fraction of sp³-hybridized carbons (Fsp3) is 0.333. The van der Waals surface area contributed by atoms with Crippen LogP contribution in [0.3, 0.4) is 0 Å². The summed E-state index contributed by atoms with van der Waals surface area (Å²) in [6.07, 6.45) is 5.22. The Hall–Kier alpha value is -1.98. The molecule has 118 valence electrons. The molecule has 0 amide bonds.